The monoisotopic (exact) mass is 247 g/mol. The molecule has 2 heterocycles. The number of nitrogen functional groups attached to an aromatic ring is 1. The van der Waals surface area contributed by atoms with Crippen molar-refractivity contribution in [2.24, 2.45) is 5.84 Å². The zero-order valence-corrected chi connectivity index (χ0v) is 9.67. The molecule has 0 saturated carbocycles. The van der Waals surface area contributed by atoms with Gasteiger partial charge >= 0.3 is 0 Å². The first-order valence-electron chi connectivity index (χ1n) is 5.48. The van der Waals surface area contributed by atoms with Crippen LogP contribution in [0.5, 0.6) is 0 Å². The lowest BCUT2D eigenvalue weighted by molar-refractivity contribution is 0.00321. The molecule has 1 atom stereocenters. The highest BCUT2D eigenvalue weighted by atomic mass is 16.5. The maximum Gasteiger partial charge on any atom is 0.272 e. The highest BCUT2D eigenvalue weighted by Gasteiger charge is 2.25. The second-order valence-corrected chi connectivity index (χ2v) is 3.79. The van der Waals surface area contributed by atoms with Crippen molar-refractivity contribution in [2.75, 3.05) is 25.1 Å². The minimum Gasteiger partial charge on any atom is -0.360 e. The van der Waals surface area contributed by atoms with Crippen molar-refractivity contribution in [2.45, 2.75) is 6.10 Å². The van der Waals surface area contributed by atoms with E-state index >= 15 is 0 Å². The number of pyridine rings is 1. The topological polar surface area (TPSA) is 104 Å². The minimum absolute atomic E-state index is 0.226. The van der Waals surface area contributed by atoms with E-state index in [1.807, 2.05) is 6.07 Å². The van der Waals surface area contributed by atoms with Crippen molar-refractivity contribution in [1.29, 1.82) is 5.26 Å². The molecule has 1 fully saturated rings. The van der Waals surface area contributed by atoms with E-state index in [2.05, 4.69) is 10.4 Å². The van der Waals surface area contributed by atoms with Crippen LogP contribution in [-0.2, 0) is 4.74 Å². The number of amides is 1. The molecular weight excluding hydrogens is 234 g/mol. The van der Waals surface area contributed by atoms with E-state index in [0.717, 1.165) is 0 Å². The summed E-state index contributed by atoms with van der Waals surface area (Å²) < 4.78 is 5.18. The fourth-order valence-corrected chi connectivity index (χ4v) is 1.71. The molecule has 0 radical (unpaired) electrons. The standard InChI is InChI=1S/C11H13N5O2/c12-6-8-7-16(4-5-18-8)11(17)9-2-1-3-10(14-9)15-13/h1-3,8H,4-5,7,13H2,(H,14,15). The molecule has 3 N–H and O–H groups in total. The zero-order valence-electron chi connectivity index (χ0n) is 9.67. The summed E-state index contributed by atoms with van der Waals surface area (Å²) in [6, 6.07) is 6.96. The number of rotatable bonds is 2. The van der Waals surface area contributed by atoms with Crippen LogP contribution >= 0.6 is 0 Å². The molecule has 1 amide bonds. The van der Waals surface area contributed by atoms with Crippen LogP contribution in [0.25, 0.3) is 0 Å². The number of hydrazine groups is 1. The van der Waals surface area contributed by atoms with Gasteiger partial charge in [0.2, 0.25) is 0 Å². The molecule has 0 aliphatic carbocycles. The van der Waals surface area contributed by atoms with Gasteiger partial charge in [-0.1, -0.05) is 6.07 Å². The van der Waals surface area contributed by atoms with Gasteiger partial charge in [-0.05, 0) is 12.1 Å². The summed E-state index contributed by atoms with van der Waals surface area (Å²) in [5.41, 5.74) is 2.68. The molecule has 94 valence electrons. The van der Waals surface area contributed by atoms with E-state index in [-0.39, 0.29) is 12.5 Å². The predicted molar refractivity (Wildman–Crippen MR) is 63.3 cm³/mol. The lowest BCUT2D eigenvalue weighted by atomic mass is 10.2. The molecular formula is C11H13N5O2. The fraction of sp³-hybridized carbons (Fsp3) is 0.364. The maximum atomic E-state index is 12.2. The normalized spacial score (nSPS) is 19.1. The molecule has 1 aromatic rings. The van der Waals surface area contributed by atoms with E-state index in [1.54, 1.807) is 23.1 Å². The summed E-state index contributed by atoms with van der Waals surface area (Å²) in [5.74, 6) is 5.44. The fourth-order valence-electron chi connectivity index (χ4n) is 1.71. The van der Waals surface area contributed by atoms with Crippen LogP contribution in [0.4, 0.5) is 5.82 Å². The van der Waals surface area contributed by atoms with Gasteiger partial charge in [0.25, 0.3) is 5.91 Å². The summed E-state index contributed by atoms with van der Waals surface area (Å²) >= 11 is 0. The Kier molecular flexibility index (Phi) is 3.72. The number of carbonyl (C=O) groups is 1. The number of ether oxygens (including phenoxy) is 1. The van der Waals surface area contributed by atoms with Crippen molar-refractivity contribution in [3.8, 4) is 6.07 Å². The highest BCUT2D eigenvalue weighted by Crippen LogP contribution is 2.10. The van der Waals surface area contributed by atoms with Crippen molar-refractivity contribution >= 4 is 11.7 Å². The summed E-state index contributed by atoms with van der Waals surface area (Å²) in [5, 5.41) is 8.79. The van der Waals surface area contributed by atoms with E-state index in [1.165, 1.54) is 0 Å². The molecule has 7 heteroatoms. The predicted octanol–water partition coefficient (Wildman–Crippen LogP) is -0.268. The van der Waals surface area contributed by atoms with Crippen LogP contribution in [0.1, 0.15) is 10.5 Å². The second-order valence-electron chi connectivity index (χ2n) is 3.79. The number of anilines is 1. The third-order valence-electron chi connectivity index (χ3n) is 2.61. The van der Waals surface area contributed by atoms with Gasteiger partial charge in [-0.2, -0.15) is 5.26 Å². The summed E-state index contributed by atoms with van der Waals surface area (Å²) in [4.78, 5) is 17.8. The smallest absolute Gasteiger partial charge is 0.272 e. The van der Waals surface area contributed by atoms with Crippen LogP contribution in [-0.4, -0.2) is 41.6 Å². The lowest BCUT2D eigenvalue weighted by Crippen LogP contribution is -2.45. The molecule has 1 saturated heterocycles. The Morgan fingerprint density at radius 3 is 3.22 bits per heavy atom. The van der Waals surface area contributed by atoms with E-state index in [0.29, 0.717) is 24.7 Å². The SMILES string of the molecule is N#CC1CN(C(=O)c2cccc(NN)n2)CCO1. The lowest BCUT2D eigenvalue weighted by Gasteiger charge is -2.29. The van der Waals surface area contributed by atoms with E-state index in [4.69, 9.17) is 15.8 Å². The van der Waals surface area contributed by atoms with Gasteiger partial charge in [0, 0.05) is 6.54 Å². The third-order valence-corrected chi connectivity index (χ3v) is 2.61. The molecule has 18 heavy (non-hydrogen) atoms. The van der Waals surface area contributed by atoms with Gasteiger partial charge in [0.15, 0.2) is 6.10 Å². The number of carbonyl (C=O) groups excluding carboxylic acids is 1. The van der Waals surface area contributed by atoms with Gasteiger partial charge in [-0.25, -0.2) is 10.8 Å². The van der Waals surface area contributed by atoms with Crippen LogP contribution < -0.4 is 11.3 Å². The van der Waals surface area contributed by atoms with Gasteiger partial charge < -0.3 is 15.1 Å². The second kappa shape index (κ2) is 5.44. The number of hydrogen-bond donors (Lipinski definition) is 2. The molecule has 2 rings (SSSR count). The number of nitrogens with two attached hydrogens (primary N) is 1. The number of nitriles is 1. The molecule has 0 aromatic carbocycles. The van der Waals surface area contributed by atoms with E-state index in [9.17, 15) is 4.79 Å². The number of hydrogen-bond acceptors (Lipinski definition) is 6. The quantitative estimate of drug-likeness (QED) is 0.550. The molecule has 7 nitrogen and oxygen atoms in total. The highest BCUT2D eigenvalue weighted by molar-refractivity contribution is 5.92. The van der Waals surface area contributed by atoms with Crippen molar-refractivity contribution in [3.63, 3.8) is 0 Å². The molecule has 1 aromatic heterocycles. The molecule has 1 aliphatic heterocycles. The first kappa shape index (κ1) is 12.3. The number of nitrogens with zero attached hydrogens (tertiary/aromatic N) is 3. The Hall–Kier alpha value is -2.17. The van der Waals surface area contributed by atoms with Crippen molar-refractivity contribution < 1.29 is 9.53 Å². The Labute approximate surface area is 104 Å². The van der Waals surface area contributed by atoms with Crippen LogP contribution in [0.2, 0.25) is 0 Å². The zero-order chi connectivity index (χ0) is 13.0. The van der Waals surface area contributed by atoms with Crippen LogP contribution in [0.15, 0.2) is 18.2 Å². The Balaban J connectivity index is 2.13. The Morgan fingerprint density at radius 1 is 1.67 bits per heavy atom. The maximum absolute atomic E-state index is 12.2. The van der Waals surface area contributed by atoms with E-state index < -0.39 is 6.10 Å². The van der Waals surface area contributed by atoms with Crippen molar-refractivity contribution in [1.82, 2.24) is 9.88 Å². The molecule has 1 aliphatic rings. The largest absolute Gasteiger partial charge is 0.360 e. The first-order chi connectivity index (χ1) is 8.74. The summed E-state index contributed by atoms with van der Waals surface area (Å²) in [7, 11) is 0. The molecule has 1 unspecified atom stereocenters. The van der Waals surface area contributed by atoms with Gasteiger partial charge in [0.1, 0.15) is 11.5 Å². The third kappa shape index (κ3) is 2.56. The summed E-state index contributed by atoms with van der Waals surface area (Å²) in [6.07, 6.45) is -0.571. The van der Waals surface area contributed by atoms with Gasteiger partial charge in [-0.3, -0.25) is 4.79 Å². The minimum atomic E-state index is -0.571. The van der Waals surface area contributed by atoms with Crippen LogP contribution in [0.3, 0.4) is 0 Å². The number of morpholine rings is 1. The van der Waals surface area contributed by atoms with Crippen molar-refractivity contribution in [3.05, 3.63) is 23.9 Å². The average molecular weight is 247 g/mol. The van der Waals surface area contributed by atoms with Crippen LogP contribution in [0, 0.1) is 11.3 Å². The Bertz CT molecular complexity index is 485. The number of aromatic nitrogens is 1. The Morgan fingerprint density at radius 2 is 2.50 bits per heavy atom. The van der Waals surface area contributed by atoms with Gasteiger partial charge in [0.05, 0.1) is 19.2 Å². The molecule has 0 spiro atoms. The summed E-state index contributed by atoms with van der Waals surface area (Å²) in [6.45, 7) is 1.08. The number of nitrogens with one attached hydrogen (secondary N) is 1. The molecule has 0 bridgehead atoms. The van der Waals surface area contributed by atoms with Gasteiger partial charge in [-0.15, -0.1) is 0 Å². The first-order valence-corrected chi connectivity index (χ1v) is 5.48. The average Bonchev–Trinajstić information content (AvgIpc) is 2.46.